The minimum absolute atomic E-state index is 0.122. The first kappa shape index (κ1) is 16.8. The van der Waals surface area contributed by atoms with E-state index >= 15 is 0 Å². The van der Waals surface area contributed by atoms with E-state index in [4.69, 9.17) is 18.0 Å². The van der Waals surface area contributed by atoms with Crippen LogP contribution in [0.25, 0.3) is 0 Å². The van der Waals surface area contributed by atoms with Gasteiger partial charge in [-0.2, -0.15) is 13.2 Å². The molecule has 6 heteroatoms. The van der Waals surface area contributed by atoms with E-state index in [9.17, 15) is 13.2 Å². The summed E-state index contributed by atoms with van der Waals surface area (Å²) in [7, 11) is 1.86. The smallest absolute Gasteiger partial charge is 0.389 e. The van der Waals surface area contributed by atoms with Crippen LogP contribution in [-0.2, 0) is 6.18 Å². The van der Waals surface area contributed by atoms with E-state index in [0.717, 1.165) is 18.9 Å². The van der Waals surface area contributed by atoms with Crippen LogP contribution in [0, 0.1) is 0 Å². The van der Waals surface area contributed by atoms with E-state index in [2.05, 4.69) is 0 Å². The lowest BCUT2D eigenvalue weighted by Crippen LogP contribution is -2.31. The van der Waals surface area contributed by atoms with Gasteiger partial charge in [-0.3, -0.25) is 0 Å². The fraction of sp³-hybridized carbons (Fsp3) is 0.500. The highest BCUT2D eigenvalue weighted by Gasteiger charge is 2.34. The van der Waals surface area contributed by atoms with Gasteiger partial charge in [-0.05, 0) is 31.0 Å². The topological polar surface area (TPSA) is 29.3 Å². The quantitative estimate of drug-likeness (QED) is 0.835. The van der Waals surface area contributed by atoms with Gasteiger partial charge in [0.25, 0.3) is 0 Å². The van der Waals surface area contributed by atoms with Gasteiger partial charge in [-0.25, -0.2) is 0 Å². The van der Waals surface area contributed by atoms with E-state index in [1.807, 2.05) is 25.8 Å². The molecule has 0 saturated carbocycles. The molecule has 0 aliphatic heterocycles. The summed E-state index contributed by atoms with van der Waals surface area (Å²) in [5.41, 5.74) is 5.22. The Bertz CT molecular complexity index is 482. The average Bonchev–Trinajstić information content (AvgIpc) is 2.38. The number of alkyl halides is 3. The number of hydrogen-bond donors (Lipinski definition) is 1. The first-order chi connectivity index (χ1) is 9.22. The summed E-state index contributed by atoms with van der Waals surface area (Å²) >= 11 is 4.75. The standard InChI is InChI=1S/C14H19F3N2S/c1-4-9(5-2)19(3)10-6-7-12(14(15,16)17)11(8-10)13(18)20/h6-9H,4-5H2,1-3H3,(H2,18,20). The van der Waals surface area contributed by atoms with Crippen LogP contribution >= 0.6 is 12.2 Å². The molecule has 0 fully saturated rings. The minimum atomic E-state index is -4.45. The van der Waals surface area contributed by atoms with Gasteiger partial charge in [0.1, 0.15) is 4.99 Å². The molecule has 0 radical (unpaired) electrons. The van der Waals surface area contributed by atoms with E-state index in [1.54, 1.807) is 0 Å². The highest BCUT2D eigenvalue weighted by atomic mass is 32.1. The Morgan fingerprint density at radius 2 is 1.85 bits per heavy atom. The van der Waals surface area contributed by atoms with E-state index in [-0.39, 0.29) is 16.6 Å². The molecule has 0 heterocycles. The van der Waals surface area contributed by atoms with Gasteiger partial charge >= 0.3 is 6.18 Å². The molecule has 0 aliphatic carbocycles. The Morgan fingerprint density at radius 1 is 1.30 bits per heavy atom. The second-order valence-electron chi connectivity index (χ2n) is 4.67. The van der Waals surface area contributed by atoms with Crippen LogP contribution in [0.3, 0.4) is 0 Å². The molecule has 0 aliphatic rings. The zero-order valence-corrected chi connectivity index (χ0v) is 12.6. The van der Waals surface area contributed by atoms with Crippen LogP contribution < -0.4 is 10.6 Å². The van der Waals surface area contributed by atoms with Gasteiger partial charge < -0.3 is 10.6 Å². The van der Waals surface area contributed by atoms with Crippen molar-refractivity contribution in [3.05, 3.63) is 29.3 Å². The van der Waals surface area contributed by atoms with Gasteiger partial charge in [0.2, 0.25) is 0 Å². The number of benzene rings is 1. The molecule has 112 valence electrons. The van der Waals surface area contributed by atoms with Gasteiger partial charge in [-0.15, -0.1) is 0 Å². The summed E-state index contributed by atoms with van der Waals surface area (Å²) in [5.74, 6) is 0. The average molecular weight is 304 g/mol. The van der Waals surface area contributed by atoms with Gasteiger partial charge in [0.05, 0.1) is 5.56 Å². The number of nitrogens with two attached hydrogens (primary N) is 1. The molecule has 1 aromatic rings. The lowest BCUT2D eigenvalue weighted by Gasteiger charge is -2.29. The molecule has 0 atom stereocenters. The SMILES string of the molecule is CCC(CC)N(C)c1ccc(C(F)(F)F)c(C(N)=S)c1. The van der Waals surface area contributed by atoms with Crippen LogP contribution in [0.5, 0.6) is 0 Å². The molecule has 0 spiro atoms. The fourth-order valence-corrected chi connectivity index (χ4v) is 2.42. The molecule has 0 saturated heterocycles. The zero-order chi connectivity index (χ0) is 15.5. The minimum Gasteiger partial charge on any atom is -0.389 e. The predicted molar refractivity (Wildman–Crippen MR) is 80.1 cm³/mol. The number of nitrogens with zero attached hydrogens (tertiary/aromatic N) is 1. The maximum atomic E-state index is 12.9. The Kier molecular flexibility index (Phi) is 5.39. The number of anilines is 1. The van der Waals surface area contributed by atoms with Gasteiger partial charge in [0.15, 0.2) is 0 Å². The van der Waals surface area contributed by atoms with E-state index < -0.39 is 11.7 Å². The van der Waals surface area contributed by atoms with Crippen molar-refractivity contribution in [2.24, 2.45) is 5.73 Å². The molecule has 1 rings (SSSR count). The Morgan fingerprint density at radius 3 is 2.25 bits per heavy atom. The second-order valence-corrected chi connectivity index (χ2v) is 5.11. The van der Waals surface area contributed by atoms with Crippen molar-refractivity contribution in [1.82, 2.24) is 0 Å². The normalized spacial score (nSPS) is 11.8. The van der Waals surface area contributed by atoms with Crippen molar-refractivity contribution >= 4 is 22.9 Å². The van der Waals surface area contributed by atoms with Crippen molar-refractivity contribution in [1.29, 1.82) is 0 Å². The van der Waals surface area contributed by atoms with E-state index in [1.165, 1.54) is 12.1 Å². The Labute approximate surface area is 122 Å². The van der Waals surface area contributed by atoms with Crippen LogP contribution in [0.15, 0.2) is 18.2 Å². The summed E-state index contributed by atoms with van der Waals surface area (Å²) in [4.78, 5) is 1.72. The summed E-state index contributed by atoms with van der Waals surface area (Å²) in [6.45, 7) is 4.09. The first-order valence-electron chi connectivity index (χ1n) is 6.46. The third-order valence-corrected chi connectivity index (χ3v) is 3.69. The third kappa shape index (κ3) is 3.62. The lowest BCUT2D eigenvalue weighted by molar-refractivity contribution is -0.137. The molecule has 0 unspecified atom stereocenters. The summed E-state index contributed by atoms with van der Waals surface area (Å²) in [6.07, 6.45) is -2.63. The van der Waals surface area contributed by atoms with Gasteiger partial charge in [0, 0.05) is 24.3 Å². The number of halogens is 3. The lowest BCUT2D eigenvalue weighted by atomic mass is 10.0. The second kappa shape index (κ2) is 6.43. The zero-order valence-electron chi connectivity index (χ0n) is 11.8. The molecule has 20 heavy (non-hydrogen) atoms. The molecular formula is C14H19F3N2S. The highest BCUT2D eigenvalue weighted by Crippen LogP contribution is 2.34. The summed E-state index contributed by atoms with van der Waals surface area (Å²) < 4.78 is 38.7. The third-order valence-electron chi connectivity index (χ3n) is 3.47. The summed E-state index contributed by atoms with van der Waals surface area (Å²) in [5, 5.41) is 0. The first-order valence-corrected chi connectivity index (χ1v) is 6.87. The van der Waals surface area contributed by atoms with Gasteiger partial charge in [-0.1, -0.05) is 26.1 Å². The molecule has 0 aromatic heterocycles. The number of thiocarbonyl (C=S) groups is 1. The molecular weight excluding hydrogens is 285 g/mol. The predicted octanol–water partition coefficient (Wildman–Crippen LogP) is 3.96. The maximum absolute atomic E-state index is 12.9. The largest absolute Gasteiger partial charge is 0.417 e. The van der Waals surface area contributed by atoms with Crippen LogP contribution in [0.2, 0.25) is 0 Å². The molecule has 2 nitrogen and oxygen atoms in total. The van der Waals surface area contributed by atoms with Crippen LogP contribution in [0.4, 0.5) is 18.9 Å². The Balaban J connectivity index is 3.27. The number of rotatable bonds is 5. The maximum Gasteiger partial charge on any atom is 0.417 e. The Hall–Kier alpha value is -1.30. The highest BCUT2D eigenvalue weighted by molar-refractivity contribution is 7.80. The van der Waals surface area contributed by atoms with Crippen LogP contribution in [0.1, 0.15) is 37.8 Å². The van der Waals surface area contributed by atoms with Crippen LogP contribution in [-0.4, -0.2) is 18.1 Å². The molecule has 2 N–H and O–H groups in total. The summed E-state index contributed by atoms with van der Waals surface area (Å²) in [6, 6.07) is 4.20. The van der Waals surface area contributed by atoms with E-state index in [0.29, 0.717) is 5.69 Å². The van der Waals surface area contributed by atoms with Crippen molar-refractivity contribution in [2.75, 3.05) is 11.9 Å². The van der Waals surface area contributed by atoms with Crippen molar-refractivity contribution in [3.63, 3.8) is 0 Å². The van der Waals surface area contributed by atoms with Crippen molar-refractivity contribution in [3.8, 4) is 0 Å². The molecule has 1 aromatic carbocycles. The molecule has 0 amide bonds. The van der Waals surface area contributed by atoms with Crippen molar-refractivity contribution < 1.29 is 13.2 Å². The monoisotopic (exact) mass is 304 g/mol. The fourth-order valence-electron chi connectivity index (χ4n) is 2.25. The van der Waals surface area contributed by atoms with Crippen molar-refractivity contribution in [2.45, 2.75) is 38.9 Å². The molecule has 0 bridgehead atoms. The number of hydrogen-bond acceptors (Lipinski definition) is 2.